The number of halogens is 4. The van der Waals surface area contributed by atoms with E-state index in [4.69, 9.17) is 0 Å². The monoisotopic (exact) mass is 466 g/mol. The Bertz CT molecular complexity index is 1480. The number of alkyl halides is 3. The fraction of sp³-hybridized carbons (Fsp3) is 0.125. The Morgan fingerprint density at radius 2 is 1.65 bits per heavy atom. The first-order valence-electron chi connectivity index (χ1n) is 10.3. The van der Waals surface area contributed by atoms with Crippen molar-refractivity contribution >= 4 is 22.4 Å². The Kier molecular flexibility index (Phi) is 5.07. The van der Waals surface area contributed by atoms with Gasteiger partial charge in [-0.05, 0) is 67.6 Å². The molecule has 0 aliphatic rings. The molecule has 0 spiro atoms. The molecule has 0 bridgehead atoms. The molecule has 1 N–H and O–H groups in total. The van der Waals surface area contributed by atoms with E-state index >= 15 is 0 Å². The van der Waals surface area contributed by atoms with E-state index in [0.29, 0.717) is 33.9 Å². The zero-order chi connectivity index (χ0) is 24.0. The van der Waals surface area contributed by atoms with Gasteiger partial charge in [0.1, 0.15) is 29.3 Å². The van der Waals surface area contributed by atoms with Crippen LogP contribution in [0.5, 0.6) is 0 Å². The number of hydrogen-bond acceptors (Lipinski definition) is 4. The summed E-state index contributed by atoms with van der Waals surface area (Å²) in [6.07, 6.45) is -2.96. The molecule has 172 valence electrons. The Morgan fingerprint density at radius 3 is 2.26 bits per heavy atom. The minimum absolute atomic E-state index is 0.207. The van der Waals surface area contributed by atoms with Crippen LogP contribution in [0.1, 0.15) is 11.4 Å². The first-order valence-corrected chi connectivity index (χ1v) is 10.3. The lowest BCUT2D eigenvalue weighted by Crippen LogP contribution is -2.06. The van der Waals surface area contributed by atoms with Gasteiger partial charge in [-0.1, -0.05) is 0 Å². The first-order chi connectivity index (χ1) is 16.2. The second-order valence-corrected chi connectivity index (χ2v) is 7.80. The number of aryl methyl sites for hydroxylation is 2. The van der Waals surface area contributed by atoms with Crippen LogP contribution in [0.25, 0.3) is 28.1 Å². The summed E-state index contributed by atoms with van der Waals surface area (Å²) < 4.78 is 57.5. The molecule has 0 saturated carbocycles. The van der Waals surface area contributed by atoms with Gasteiger partial charge in [0.2, 0.25) is 0 Å². The van der Waals surface area contributed by atoms with Crippen molar-refractivity contribution in [1.29, 1.82) is 0 Å². The average molecular weight is 466 g/mol. The molecule has 0 fully saturated rings. The summed E-state index contributed by atoms with van der Waals surface area (Å²) in [5.74, 6) is 0.642. The third-order valence-electron chi connectivity index (χ3n) is 5.43. The van der Waals surface area contributed by atoms with Crippen LogP contribution in [0.4, 0.5) is 28.9 Å². The Labute approximate surface area is 191 Å². The second kappa shape index (κ2) is 7.98. The van der Waals surface area contributed by atoms with Crippen molar-refractivity contribution in [1.82, 2.24) is 24.3 Å². The summed E-state index contributed by atoms with van der Waals surface area (Å²) in [5, 5.41) is 7.31. The highest BCUT2D eigenvalue weighted by Crippen LogP contribution is 2.37. The molecule has 5 aromatic rings. The molecule has 5 rings (SSSR count). The van der Waals surface area contributed by atoms with E-state index in [9.17, 15) is 17.6 Å². The van der Waals surface area contributed by atoms with Crippen LogP contribution >= 0.6 is 0 Å². The highest BCUT2D eigenvalue weighted by molar-refractivity contribution is 5.94. The standard InChI is InChI=1S/C24H18F4N6/c1-14-29-13-34(32-14)19-9-7-18(8-10-19)30-20-11-16(24(26,27)28)12-21-22(20)31-23(33(21)2)15-3-5-17(25)6-4-15/h3-13,30H,1-2H3. The molecule has 2 aromatic heterocycles. The van der Waals surface area contributed by atoms with Crippen molar-refractivity contribution in [3.63, 3.8) is 0 Å². The molecule has 0 atom stereocenters. The lowest BCUT2D eigenvalue weighted by molar-refractivity contribution is -0.137. The van der Waals surface area contributed by atoms with Gasteiger partial charge in [0.05, 0.1) is 22.5 Å². The van der Waals surface area contributed by atoms with Gasteiger partial charge < -0.3 is 9.88 Å². The smallest absolute Gasteiger partial charge is 0.354 e. The number of benzene rings is 3. The van der Waals surface area contributed by atoms with Crippen LogP contribution < -0.4 is 5.32 Å². The molecule has 0 aliphatic heterocycles. The number of anilines is 2. The zero-order valence-corrected chi connectivity index (χ0v) is 18.1. The highest BCUT2D eigenvalue weighted by atomic mass is 19.4. The van der Waals surface area contributed by atoms with Crippen molar-refractivity contribution in [2.45, 2.75) is 13.1 Å². The van der Waals surface area contributed by atoms with Crippen LogP contribution in [0.15, 0.2) is 67.0 Å². The van der Waals surface area contributed by atoms with Crippen LogP contribution in [-0.2, 0) is 13.2 Å². The topological polar surface area (TPSA) is 60.6 Å². The minimum atomic E-state index is -4.54. The molecule has 34 heavy (non-hydrogen) atoms. The Hall–Kier alpha value is -4.21. The maximum atomic E-state index is 13.7. The van der Waals surface area contributed by atoms with Gasteiger partial charge >= 0.3 is 6.18 Å². The SMILES string of the molecule is Cc1ncn(-c2ccc(Nc3cc(C(F)(F)F)cc4c3nc(-c3ccc(F)cc3)n4C)cc2)n1. The fourth-order valence-electron chi connectivity index (χ4n) is 3.73. The average Bonchev–Trinajstić information content (AvgIpc) is 3.38. The molecular weight excluding hydrogens is 448 g/mol. The summed E-state index contributed by atoms with van der Waals surface area (Å²) in [5.41, 5.74) is 2.00. The molecule has 6 nitrogen and oxygen atoms in total. The van der Waals surface area contributed by atoms with Crippen molar-refractivity contribution < 1.29 is 17.6 Å². The molecule has 0 aliphatic carbocycles. The number of nitrogens with zero attached hydrogens (tertiary/aromatic N) is 5. The van der Waals surface area contributed by atoms with Crippen molar-refractivity contribution in [2.24, 2.45) is 7.05 Å². The predicted molar refractivity (Wildman–Crippen MR) is 120 cm³/mol. The highest BCUT2D eigenvalue weighted by Gasteiger charge is 2.32. The van der Waals surface area contributed by atoms with Crippen LogP contribution in [0.2, 0.25) is 0 Å². The van der Waals surface area contributed by atoms with Gasteiger partial charge in [0.15, 0.2) is 0 Å². The lowest BCUT2D eigenvalue weighted by Gasteiger charge is -2.13. The normalized spacial score (nSPS) is 11.8. The maximum Gasteiger partial charge on any atom is 0.416 e. The Morgan fingerprint density at radius 1 is 0.941 bits per heavy atom. The summed E-state index contributed by atoms with van der Waals surface area (Å²) in [6.45, 7) is 1.78. The number of imidazole rings is 1. The van der Waals surface area contributed by atoms with E-state index in [1.165, 1.54) is 12.1 Å². The Balaban J connectivity index is 1.59. The van der Waals surface area contributed by atoms with E-state index in [1.807, 2.05) is 0 Å². The van der Waals surface area contributed by atoms with Crippen LogP contribution in [-0.4, -0.2) is 24.3 Å². The van der Waals surface area contributed by atoms with Gasteiger partial charge in [0.25, 0.3) is 0 Å². The van der Waals surface area contributed by atoms with Crippen molar-refractivity contribution in [2.75, 3.05) is 5.32 Å². The molecule has 0 saturated heterocycles. The maximum absolute atomic E-state index is 13.7. The number of rotatable bonds is 4. The summed E-state index contributed by atoms with van der Waals surface area (Å²) in [6, 6.07) is 14.8. The molecule has 3 aromatic carbocycles. The third kappa shape index (κ3) is 3.98. The summed E-state index contributed by atoms with van der Waals surface area (Å²) >= 11 is 0. The number of fused-ring (bicyclic) bond motifs is 1. The zero-order valence-electron chi connectivity index (χ0n) is 18.1. The van der Waals surface area contributed by atoms with Gasteiger partial charge in [-0.2, -0.15) is 18.3 Å². The van der Waals surface area contributed by atoms with E-state index in [1.54, 1.807) is 65.9 Å². The van der Waals surface area contributed by atoms with Crippen molar-refractivity contribution in [3.05, 3.63) is 84.2 Å². The van der Waals surface area contributed by atoms with Gasteiger partial charge in [-0.15, -0.1) is 0 Å². The molecule has 0 radical (unpaired) electrons. The number of aromatic nitrogens is 5. The number of hydrogen-bond donors (Lipinski definition) is 1. The van der Waals surface area contributed by atoms with Crippen LogP contribution in [0.3, 0.4) is 0 Å². The van der Waals surface area contributed by atoms with Crippen LogP contribution in [0, 0.1) is 12.7 Å². The molecule has 0 unspecified atom stereocenters. The van der Waals surface area contributed by atoms with Gasteiger partial charge in [0, 0.05) is 18.3 Å². The minimum Gasteiger partial charge on any atom is -0.354 e. The predicted octanol–water partition coefficient (Wildman–Crippen LogP) is 6.03. The van der Waals surface area contributed by atoms with Gasteiger partial charge in [-0.25, -0.2) is 19.0 Å². The lowest BCUT2D eigenvalue weighted by atomic mass is 10.1. The quantitative estimate of drug-likeness (QED) is 0.329. The third-order valence-corrected chi connectivity index (χ3v) is 5.43. The molecular formula is C24H18F4N6. The summed E-state index contributed by atoms with van der Waals surface area (Å²) in [4.78, 5) is 8.68. The van der Waals surface area contributed by atoms with Gasteiger partial charge in [-0.3, -0.25) is 0 Å². The number of nitrogens with one attached hydrogen (secondary N) is 1. The van der Waals surface area contributed by atoms with E-state index in [-0.39, 0.29) is 5.69 Å². The van der Waals surface area contributed by atoms with E-state index in [0.717, 1.165) is 17.8 Å². The molecule has 0 amide bonds. The van der Waals surface area contributed by atoms with Crippen molar-refractivity contribution in [3.8, 4) is 17.1 Å². The fourth-order valence-corrected chi connectivity index (χ4v) is 3.73. The van der Waals surface area contributed by atoms with E-state index in [2.05, 4.69) is 20.4 Å². The van der Waals surface area contributed by atoms with E-state index < -0.39 is 17.6 Å². The summed E-state index contributed by atoms with van der Waals surface area (Å²) in [7, 11) is 1.63. The molecule has 2 heterocycles. The first kappa shape index (κ1) is 21.6. The largest absolute Gasteiger partial charge is 0.416 e. The second-order valence-electron chi connectivity index (χ2n) is 7.80. The molecule has 10 heteroatoms.